The molecule has 1 aromatic rings. The van der Waals surface area contributed by atoms with Gasteiger partial charge < -0.3 is 10.8 Å². The number of likely N-dealkylation sites (N-methyl/N-ethyl adjacent to an activating group) is 1. The molecule has 8 heteroatoms. The van der Waals surface area contributed by atoms with Gasteiger partial charge in [0.2, 0.25) is 10.0 Å². The van der Waals surface area contributed by atoms with E-state index in [4.69, 9.17) is 17.3 Å². The Morgan fingerprint density at radius 1 is 1.56 bits per heavy atom. The predicted molar refractivity (Wildman–Crippen MR) is 75.1 cm³/mol. The number of anilines is 1. The summed E-state index contributed by atoms with van der Waals surface area (Å²) in [6.07, 6.45) is -0.764. The highest BCUT2D eigenvalue weighted by Gasteiger charge is 2.25. The number of benzene rings is 1. The van der Waals surface area contributed by atoms with E-state index in [0.29, 0.717) is 0 Å². The quantitative estimate of drug-likeness (QED) is 0.803. The van der Waals surface area contributed by atoms with Crippen LogP contribution in [0.15, 0.2) is 21.5 Å². The first-order chi connectivity index (χ1) is 8.16. The van der Waals surface area contributed by atoms with Crippen LogP contribution in [0.1, 0.15) is 6.92 Å². The Morgan fingerprint density at radius 2 is 2.11 bits per heavy atom. The molecule has 0 spiro atoms. The molecular weight excluding hydrogens is 344 g/mol. The number of halogens is 2. The molecule has 0 fully saturated rings. The lowest BCUT2D eigenvalue weighted by molar-refractivity contribution is 0.171. The van der Waals surface area contributed by atoms with Crippen LogP contribution in [-0.2, 0) is 10.0 Å². The number of sulfonamides is 1. The van der Waals surface area contributed by atoms with Crippen LogP contribution in [0.5, 0.6) is 0 Å². The number of hydrogen-bond acceptors (Lipinski definition) is 4. The zero-order valence-electron chi connectivity index (χ0n) is 9.89. The first kappa shape index (κ1) is 15.7. The lowest BCUT2D eigenvalue weighted by Crippen LogP contribution is -2.33. The van der Waals surface area contributed by atoms with Crippen molar-refractivity contribution in [3.05, 3.63) is 21.6 Å². The van der Waals surface area contributed by atoms with E-state index in [2.05, 4.69) is 15.9 Å². The fourth-order valence-corrected chi connectivity index (χ4v) is 3.91. The Bertz CT molecular complexity index is 548. The minimum absolute atomic E-state index is 0.0127. The fraction of sp³-hybridized carbons (Fsp3) is 0.400. The summed E-state index contributed by atoms with van der Waals surface area (Å²) in [4.78, 5) is -0.0179. The maximum Gasteiger partial charge on any atom is 0.244 e. The lowest BCUT2D eigenvalue weighted by atomic mass is 10.3. The minimum atomic E-state index is -3.75. The van der Waals surface area contributed by atoms with Crippen molar-refractivity contribution in [2.45, 2.75) is 17.9 Å². The number of aliphatic hydroxyl groups excluding tert-OH is 1. The molecular formula is C10H14BrClN2O3S. The van der Waals surface area contributed by atoms with Crippen LogP contribution in [0, 0.1) is 0 Å². The van der Waals surface area contributed by atoms with Crippen LogP contribution in [0.4, 0.5) is 5.69 Å². The molecule has 0 bridgehead atoms. The van der Waals surface area contributed by atoms with Gasteiger partial charge in [-0.2, -0.15) is 4.31 Å². The molecule has 1 rings (SSSR count). The van der Waals surface area contributed by atoms with Crippen molar-refractivity contribution in [1.29, 1.82) is 0 Å². The maximum atomic E-state index is 12.3. The Hall–Kier alpha value is -0.340. The Morgan fingerprint density at radius 3 is 2.61 bits per heavy atom. The van der Waals surface area contributed by atoms with Crippen molar-refractivity contribution >= 4 is 43.2 Å². The van der Waals surface area contributed by atoms with Crippen LogP contribution in [0.25, 0.3) is 0 Å². The smallest absolute Gasteiger partial charge is 0.244 e. The third kappa shape index (κ3) is 3.36. The predicted octanol–water partition coefficient (Wildman–Crippen LogP) is 1.69. The molecule has 5 nitrogen and oxygen atoms in total. The van der Waals surface area contributed by atoms with Gasteiger partial charge in [0.1, 0.15) is 0 Å². The summed E-state index contributed by atoms with van der Waals surface area (Å²) in [5.41, 5.74) is 5.90. The van der Waals surface area contributed by atoms with Gasteiger partial charge in [-0.3, -0.25) is 0 Å². The highest BCUT2D eigenvalue weighted by Crippen LogP contribution is 2.32. The largest absolute Gasteiger partial charge is 0.398 e. The molecule has 3 N–H and O–H groups in total. The van der Waals surface area contributed by atoms with Crippen LogP contribution >= 0.6 is 27.5 Å². The second kappa shape index (κ2) is 5.75. The number of hydrogen-bond donors (Lipinski definition) is 2. The second-order valence-electron chi connectivity index (χ2n) is 3.94. The second-order valence-corrected chi connectivity index (χ2v) is 7.18. The summed E-state index contributed by atoms with van der Waals surface area (Å²) in [7, 11) is -2.37. The molecule has 0 aliphatic rings. The summed E-state index contributed by atoms with van der Waals surface area (Å²) in [5, 5.41) is 9.48. The minimum Gasteiger partial charge on any atom is -0.398 e. The monoisotopic (exact) mass is 356 g/mol. The number of rotatable bonds is 4. The molecule has 1 unspecified atom stereocenters. The molecule has 18 heavy (non-hydrogen) atoms. The van der Waals surface area contributed by atoms with Crippen LogP contribution in [0.3, 0.4) is 0 Å². The Kier molecular flexibility index (Phi) is 5.02. The highest BCUT2D eigenvalue weighted by molar-refractivity contribution is 9.10. The summed E-state index contributed by atoms with van der Waals surface area (Å²) in [5.74, 6) is 0. The lowest BCUT2D eigenvalue weighted by Gasteiger charge is -2.20. The molecule has 102 valence electrons. The molecule has 0 amide bonds. The molecule has 1 atom stereocenters. The van der Waals surface area contributed by atoms with Gasteiger partial charge in [0, 0.05) is 24.3 Å². The summed E-state index contributed by atoms with van der Waals surface area (Å²) < 4.78 is 25.8. The third-order valence-corrected chi connectivity index (χ3v) is 5.45. The van der Waals surface area contributed by atoms with E-state index in [1.807, 2.05) is 0 Å². The summed E-state index contributed by atoms with van der Waals surface area (Å²) >= 11 is 8.94. The topological polar surface area (TPSA) is 83.6 Å². The Balaban J connectivity index is 3.29. The van der Waals surface area contributed by atoms with Gasteiger partial charge in [0.25, 0.3) is 0 Å². The van der Waals surface area contributed by atoms with E-state index in [0.717, 1.165) is 4.31 Å². The van der Waals surface area contributed by atoms with Crippen molar-refractivity contribution in [2.75, 3.05) is 19.3 Å². The zero-order valence-corrected chi connectivity index (χ0v) is 13.1. The van der Waals surface area contributed by atoms with Gasteiger partial charge in [-0.25, -0.2) is 8.42 Å². The molecule has 0 heterocycles. The third-order valence-electron chi connectivity index (χ3n) is 2.24. The highest BCUT2D eigenvalue weighted by atomic mass is 79.9. The molecule has 0 saturated heterocycles. The van der Waals surface area contributed by atoms with Crippen molar-refractivity contribution in [3.8, 4) is 0 Å². The van der Waals surface area contributed by atoms with Crippen LogP contribution in [0.2, 0.25) is 5.02 Å². The zero-order chi connectivity index (χ0) is 14.1. The van der Waals surface area contributed by atoms with E-state index < -0.39 is 16.1 Å². The number of nitrogens with zero attached hydrogens (tertiary/aromatic N) is 1. The van der Waals surface area contributed by atoms with E-state index in [-0.39, 0.29) is 26.6 Å². The van der Waals surface area contributed by atoms with Crippen LogP contribution < -0.4 is 5.73 Å². The van der Waals surface area contributed by atoms with Crippen molar-refractivity contribution in [3.63, 3.8) is 0 Å². The average molecular weight is 358 g/mol. The van der Waals surface area contributed by atoms with Crippen molar-refractivity contribution in [2.24, 2.45) is 0 Å². The van der Waals surface area contributed by atoms with Gasteiger partial charge in [0.05, 0.1) is 15.5 Å². The SMILES string of the molecule is CC(O)CN(C)S(=O)(=O)c1cc(Cl)cc(N)c1Br. The van der Waals surface area contributed by atoms with E-state index >= 15 is 0 Å². The standard InChI is InChI=1S/C10H14BrClN2O3S/c1-6(15)5-14(2)18(16,17)9-4-7(12)3-8(13)10(9)11/h3-4,6,15H,5,13H2,1-2H3. The van der Waals surface area contributed by atoms with Crippen molar-refractivity contribution < 1.29 is 13.5 Å². The first-order valence-corrected chi connectivity index (χ1v) is 7.66. The van der Waals surface area contributed by atoms with Gasteiger partial charge >= 0.3 is 0 Å². The van der Waals surface area contributed by atoms with Gasteiger partial charge in [-0.05, 0) is 35.0 Å². The van der Waals surface area contributed by atoms with E-state index in [1.54, 1.807) is 0 Å². The normalized spacial score (nSPS) is 13.9. The summed E-state index contributed by atoms with van der Waals surface area (Å²) in [6.45, 7) is 1.49. The number of aliphatic hydroxyl groups is 1. The fourth-order valence-electron chi connectivity index (χ4n) is 1.41. The molecule has 0 aliphatic heterocycles. The Labute approximate surface area is 120 Å². The summed E-state index contributed by atoms with van der Waals surface area (Å²) in [6, 6.07) is 2.77. The van der Waals surface area contributed by atoms with Crippen LogP contribution in [-0.4, -0.2) is 37.5 Å². The van der Waals surface area contributed by atoms with E-state index in [1.165, 1.54) is 26.1 Å². The van der Waals surface area contributed by atoms with Gasteiger partial charge in [-0.1, -0.05) is 11.6 Å². The van der Waals surface area contributed by atoms with E-state index in [9.17, 15) is 13.5 Å². The van der Waals surface area contributed by atoms with Gasteiger partial charge in [-0.15, -0.1) is 0 Å². The number of nitrogen functional groups attached to an aromatic ring is 1. The first-order valence-electron chi connectivity index (χ1n) is 5.05. The van der Waals surface area contributed by atoms with Gasteiger partial charge in [0.15, 0.2) is 0 Å². The molecule has 1 aromatic carbocycles. The average Bonchev–Trinajstić information content (AvgIpc) is 2.22. The molecule has 0 saturated carbocycles. The number of nitrogens with two attached hydrogens (primary N) is 1. The molecule has 0 radical (unpaired) electrons. The molecule has 0 aliphatic carbocycles. The molecule has 0 aromatic heterocycles. The van der Waals surface area contributed by atoms with Crippen molar-refractivity contribution in [1.82, 2.24) is 4.31 Å². The maximum absolute atomic E-state index is 12.3.